The van der Waals surface area contributed by atoms with Crippen molar-refractivity contribution in [2.24, 2.45) is 0 Å². The van der Waals surface area contributed by atoms with Gasteiger partial charge in [0.15, 0.2) is 0 Å². The van der Waals surface area contributed by atoms with Gasteiger partial charge in [-0.15, -0.1) is 0 Å². The van der Waals surface area contributed by atoms with Gasteiger partial charge in [-0.2, -0.15) is 0 Å². The molecule has 0 spiro atoms. The first-order valence-electron chi connectivity index (χ1n) is 6.73. The fraction of sp³-hybridized carbons (Fsp3) is 0.294. The summed E-state index contributed by atoms with van der Waals surface area (Å²) in [4.78, 5) is 0. The number of hydrogen-bond donors (Lipinski definition) is 1. The van der Waals surface area contributed by atoms with Gasteiger partial charge >= 0.3 is 0 Å². The zero-order valence-electron chi connectivity index (χ0n) is 12.6. The zero-order valence-corrected chi connectivity index (χ0v) is 13.4. The molecule has 21 heavy (non-hydrogen) atoms. The smallest absolute Gasteiger partial charge is 0.136 e. The topological polar surface area (TPSA) is 38.7 Å². The van der Waals surface area contributed by atoms with Crippen LogP contribution in [0.4, 0.5) is 0 Å². The Balaban J connectivity index is 2.50. The SMILES string of the molecule is COc1cccc(Oc2c(C)cc(Cl)cc2C)c1C(C)O. The van der Waals surface area contributed by atoms with Gasteiger partial charge in [-0.3, -0.25) is 0 Å². The van der Waals surface area contributed by atoms with Crippen molar-refractivity contribution in [3.05, 3.63) is 52.0 Å². The second kappa shape index (κ2) is 6.37. The van der Waals surface area contributed by atoms with Gasteiger partial charge in [-0.25, -0.2) is 0 Å². The van der Waals surface area contributed by atoms with Crippen molar-refractivity contribution in [1.82, 2.24) is 0 Å². The number of halogens is 1. The van der Waals surface area contributed by atoms with Crippen LogP contribution in [0.3, 0.4) is 0 Å². The molecule has 0 saturated heterocycles. The number of hydrogen-bond acceptors (Lipinski definition) is 3. The van der Waals surface area contributed by atoms with Crippen LogP contribution in [0.5, 0.6) is 17.2 Å². The molecule has 2 aromatic rings. The standard InChI is InChI=1S/C17H19ClO3/c1-10-8-13(18)9-11(2)17(10)21-15-7-5-6-14(20-4)16(15)12(3)19/h5-9,12,19H,1-4H3. The maximum atomic E-state index is 10.00. The Morgan fingerprint density at radius 2 is 1.67 bits per heavy atom. The molecule has 0 aliphatic heterocycles. The molecule has 2 aromatic carbocycles. The highest BCUT2D eigenvalue weighted by atomic mass is 35.5. The Kier molecular flexibility index (Phi) is 4.76. The van der Waals surface area contributed by atoms with Crippen molar-refractivity contribution in [3.8, 4) is 17.2 Å². The first-order valence-corrected chi connectivity index (χ1v) is 7.11. The van der Waals surface area contributed by atoms with E-state index in [1.165, 1.54) is 0 Å². The van der Waals surface area contributed by atoms with E-state index in [1.54, 1.807) is 20.1 Å². The van der Waals surface area contributed by atoms with Gasteiger partial charge in [0.05, 0.1) is 18.8 Å². The maximum Gasteiger partial charge on any atom is 0.136 e. The lowest BCUT2D eigenvalue weighted by Crippen LogP contribution is -2.01. The number of rotatable bonds is 4. The summed E-state index contributed by atoms with van der Waals surface area (Å²) in [7, 11) is 1.57. The third-order valence-corrected chi connectivity index (χ3v) is 3.52. The lowest BCUT2D eigenvalue weighted by Gasteiger charge is -2.18. The minimum Gasteiger partial charge on any atom is -0.496 e. The second-order valence-corrected chi connectivity index (χ2v) is 5.46. The predicted octanol–water partition coefficient (Wildman–Crippen LogP) is 4.81. The maximum absolute atomic E-state index is 10.00. The van der Waals surface area contributed by atoms with Crippen LogP contribution in [0, 0.1) is 13.8 Å². The quantitative estimate of drug-likeness (QED) is 0.881. The third kappa shape index (κ3) is 3.31. The van der Waals surface area contributed by atoms with Gasteiger partial charge < -0.3 is 14.6 Å². The Bertz CT molecular complexity index is 627. The Labute approximate surface area is 130 Å². The molecule has 0 heterocycles. The predicted molar refractivity (Wildman–Crippen MR) is 84.6 cm³/mol. The summed E-state index contributed by atoms with van der Waals surface area (Å²) in [6.07, 6.45) is -0.691. The van der Waals surface area contributed by atoms with E-state index in [2.05, 4.69) is 0 Å². The van der Waals surface area contributed by atoms with Crippen molar-refractivity contribution in [1.29, 1.82) is 0 Å². The van der Waals surface area contributed by atoms with Gasteiger partial charge in [0.25, 0.3) is 0 Å². The van der Waals surface area contributed by atoms with Crippen molar-refractivity contribution in [2.75, 3.05) is 7.11 Å². The van der Waals surface area contributed by atoms with E-state index < -0.39 is 6.10 Å². The molecular formula is C17H19ClO3. The van der Waals surface area contributed by atoms with Crippen LogP contribution in [-0.4, -0.2) is 12.2 Å². The highest BCUT2D eigenvalue weighted by molar-refractivity contribution is 6.30. The average Bonchev–Trinajstić information content (AvgIpc) is 2.42. The second-order valence-electron chi connectivity index (χ2n) is 5.02. The van der Waals surface area contributed by atoms with Crippen molar-refractivity contribution in [2.45, 2.75) is 26.9 Å². The summed E-state index contributed by atoms with van der Waals surface area (Å²) in [6, 6.07) is 9.16. The number of methoxy groups -OCH3 is 1. The van der Waals surface area contributed by atoms with Crippen molar-refractivity contribution < 1.29 is 14.6 Å². The molecule has 0 fully saturated rings. The Morgan fingerprint density at radius 1 is 1.10 bits per heavy atom. The average molecular weight is 307 g/mol. The summed E-state index contributed by atoms with van der Waals surface area (Å²) in [5.41, 5.74) is 2.52. The van der Waals surface area contributed by atoms with Gasteiger partial charge in [0.2, 0.25) is 0 Å². The normalized spacial score (nSPS) is 12.1. The first kappa shape index (κ1) is 15.7. The van der Waals surface area contributed by atoms with Crippen molar-refractivity contribution in [3.63, 3.8) is 0 Å². The van der Waals surface area contributed by atoms with Gasteiger partial charge in [-0.05, 0) is 56.2 Å². The highest BCUT2D eigenvalue weighted by Crippen LogP contribution is 2.38. The van der Waals surface area contributed by atoms with E-state index >= 15 is 0 Å². The third-order valence-electron chi connectivity index (χ3n) is 3.30. The zero-order chi connectivity index (χ0) is 15.6. The summed E-state index contributed by atoms with van der Waals surface area (Å²) in [6.45, 7) is 5.57. The van der Waals surface area contributed by atoms with E-state index in [1.807, 2.05) is 38.1 Å². The van der Waals surface area contributed by atoms with Crippen LogP contribution in [-0.2, 0) is 0 Å². The van der Waals surface area contributed by atoms with Gasteiger partial charge in [0, 0.05) is 5.02 Å². The molecule has 0 saturated carbocycles. The largest absolute Gasteiger partial charge is 0.496 e. The molecule has 0 bridgehead atoms. The molecule has 2 rings (SSSR count). The highest BCUT2D eigenvalue weighted by Gasteiger charge is 2.17. The van der Waals surface area contributed by atoms with Crippen LogP contribution in [0.25, 0.3) is 0 Å². The number of aliphatic hydroxyl groups is 1. The monoisotopic (exact) mass is 306 g/mol. The van der Waals surface area contributed by atoms with E-state index in [0.29, 0.717) is 22.1 Å². The lowest BCUT2D eigenvalue weighted by molar-refractivity contribution is 0.190. The van der Waals surface area contributed by atoms with Crippen LogP contribution in [0.1, 0.15) is 29.7 Å². The summed E-state index contributed by atoms with van der Waals surface area (Å²) < 4.78 is 11.3. The van der Waals surface area contributed by atoms with Crippen LogP contribution in [0.15, 0.2) is 30.3 Å². The van der Waals surface area contributed by atoms with E-state index in [9.17, 15) is 5.11 Å². The summed E-state index contributed by atoms with van der Waals surface area (Å²) in [5.74, 6) is 1.93. The van der Waals surface area contributed by atoms with E-state index in [4.69, 9.17) is 21.1 Å². The Morgan fingerprint density at radius 3 is 2.19 bits per heavy atom. The number of benzene rings is 2. The fourth-order valence-electron chi connectivity index (χ4n) is 2.37. The van der Waals surface area contributed by atoms with Crippen LogP contribution >= 0.6 is 11.6 Å². The molecular weight excluding hydrogens is 288 g/mol. The van der Waals surface area contributed by atoms with E-state index in [-0.39, 0.29) is 0 Å². The summed E-state index contributed by atoms with van der Waals surface area (Å²) in [5, 5.41) is 10.7. The van der Waals surface area contributed by atoms with Gasteiger partial charge in [0.1, 0.15) is 17.2 Å². The molecule has 0 aromatic heterocycles. The van der Waals surface area contributed by atoms with Crippen LogP contribution < -0.4 is 9.47 Å². The number of ether oxygens (including phenoxy) is 2. The molecule has 112 valence electrons. The molecule has 0 amide bonds. The first-order chi connectivity index (χ1) is 9.93. The molecule has 3 nitrogen and oxygen atoms in total. The number of aryl methyl sites for hydroxylation is 2. The van der Waals surface area contributed by atoms with Crippen molar-refractivity contribution >= 4 is 11.6 Å². The molecule has 1 atom stereocenters. The minimum atomic E-state index is -0.691. The van der Waals surface area contributed by atoms with Gasteiger partial charge in [-0.1, -0.05) is 17.7 Å². The Hall–Kier alpha value is -1.71. The van der Waals surface area contributed by atoms with E-state index in [0.717, 1.165) is 16.9 Å². The number of aliphatic hydroxyl groups excluding tert-OH is 1. The molecule has 1 unspecified atom stereocenters. The summed E-state index contributed by atoms with van der Waals surface area (Å²) >= 11 is 6.04. The molecule has 0 aliphatic carbocycles. The lowest BCUT2D eigenvalue weighted by atomic mass is 10.1. The fourth-order valence-corrected chi connectivity index (χ4v) is 2.70. The molecule has 0 radical (unpaired) electrons. The molecule has 0 aliphatic rings. The molecule has 1 N–H and O–H groups in total. The minimum absolute atomic E-state index is 0.581. The van der Waals surface area contributed by atoms with Crippen LogP contribution in [0.2, 0.25) is 5.02 Å². The molecule has 4 heteroatoms.